The molecule has 0 aliphatic carbocycles. The molecule has 1 unspecified atom stereocenters. The number of carbonyl (C=O) groups is 3. The summed E-state index contributed by atoms with van der Waals surface area (Å²) in [5.41, 5.74) is 2.04. The minimum atomic E-state index is -1.21. The number of ether oxygens (including phenoxy) is 1. The lowest BCUT2D eigenvalue weighted by Crippen LogP contribution is -2.32. The third-order valence-corrected chi connectivity index (χ3v) is 2.37. The van der Waals surface area contributed by atoms with Crippen LogP contribution >= 0.6 is 0 Å². The average molecular weight is 264 g/mol. The molecule has 0 saturated carbocycles. The molecule has 1 rings (SSSR count). The largest absolute Gasteiger partial charge is 0.453 e. The van der Waals surface area contributed by atoms with Crippen LogP contribution in [-0.2, 0) is 19.1 Å². The van der Waals surface area contributed by atoms with Gasteiger partial charge in [0.2, 0.25) is 5.91 Å². The van der Waals surface area contributed by atoms with Crippen LogP contribution in [0.1, 0.15) is 19.8 Å². The van der Waals surface area contributed by atoms with E-state index in [4.69, 9.17) is 15.4 Å². The molecule has 0 aromatic heterocycles. The van der Waals surface area contributed by atoms with E-state index < -0.39 is 24.3 Å². The fourth-order valence-electron chi connectivity index (χ4n) is 1.33. The van der Waals surface area contributed by atoms with Crippen LogP contribution in [0.3, 0.4) is 0 Å². The van der Waals surface area contributed by atoms with Gasteiger partial charge in [0.1, 0.15) is 11.6 Å². The highest BCUT2D eigenvalue weighted by Gasteiger charge is 2.24. The standard InChI is InChI=1S/C11H12N4O4/c1-6(13)7(4-12)9(16)5-19-11(18)8-2-3-10(17)15-14-8/h7,13H,2-3,5H2,1H3,(H,15,17). The van der Waals surface area contributed by atoms with Crippen molar-refractivity contribution in [3.05, 3.63) is 0 Å². The maximum atomic E-state index is 11.5. The Kier molecular flexibility index (Phi) is 4.88. The molecule has 19 heavy (non-hydrogen) atoms. The molecule has 1 aliphatic rings. The number of carbonyl (C=O) groups excluding carboxylic acids is 3. The fourth-order valence-corrected chi connectivity index (χ4v) is 1.33. The predicted octanol–water partition coefficient (Wildman–Crippen LogP) is -0.456. The van der Waals surface area contributed by atoms with Crippen molar-refractivity contribution >= 4 is 29.1 Å². The van der Waals surface area contributed by atoms with Crippen molar-refractivity contribution in [2.45, 2.75) is 19.8 Å². The van der Waals surface area contributed by atoms with Crippen LogP contribution in [0.4, 0.5) is 0 Å². The first kappa shape index (κ1) is 14.5. The number of esters is 1. The number of rotatable bonds is 5. The van der Waals surface area contributed by atoms with Gasteiger partial charge in [0.25, 0.3) is 0 Å². The molecule has 100 valence electrons. The van der Waals surface area contributed by atoms with Gasteiger partial charge in [0, 0.05) is 18.6 Å². The number of nitrogens with zero attached hydrogens (tertiary/aromatic N) is 2. The summed E-state index contributed by atoms with van der Waals surface area (Å²) in [5.74, 6) is -2.98. The fraction of sp³-hybridized carbons (Fsp3) is 0.455. The Bertz CT molecular complexity index is 503. The van der Waals surface area contributed by atoms with Gasteiger partial charge in [-0.3, -0.25) is 9.59 Å². The van der Waals surface area contributed by atoms with E-state index in [1.165, 1.54) is 6.92 Å². The van der Waals surface area contributed by atoms with Crippen molar-refractivity contribution in [1.29, 1.82) is 10.7 Å². The average Bonchev–Trinajstić information content (AvgIpc) is 2.37. The van der Waals surface area contributed by atoms with Crippen LogP contribution in [0.15, 0.2) is 5.10 Å². The molecule has 2 N–H and O–H groups in total. The number of hydrogen-bond acceptors (Lipinski definition) is 7. The lowest BCUT2D eigenvalue weighted by atomic mass is 10.0. The molecule has 0 saturated heterocycles. The molecule has 0 radical (unpaired) electrons. The quantitative estimate of drug-likeness (QED) is 0.512. The Morgan fingerprint density at radius 2 is 2.26 bits per heavy atom. The highest BCUT2D eigenvalue weighted by atomic mass is 16.5. The van der Waals surface area contributed by atoms with Crippen molar-refractivity contribution in [1.82, 2.24) is 5.43 Å². The Hall–Kier alpha value is -2.56. The summed E-state index contributed by atoms with van der Waals surface area (Å²) in [4.78, 5) is 33.8. The van der Waals surface area contributed by atoms with Gasteiger partial charge in [0.05, 0.1) is 6.07 Å². The molecule has 1 amide bonds. The normalized spacial score (nSPS) is 15.6. The van der Waals surface area contributed by atoms with Gasteiger partial charge in [0.15, 0.2) is 12.4 Å². The predicted molar refractivity (Wildman–Crippen MR) is 63.3 cm³/mol. The number of hydrogen-bond donors (Lipinski definition) is 2. The lowest BCUT2D eigenvalue weighted by molar-refractivity contribution is -0.141. The van der Waals surface area contributed by atoms with Crippen LogP contribution in [0.25, 0.3) is 0 Å². The molecule has 0 bridgehead atoms. The van der Waals surface area contributed by atoms with Crippen LogP contribution in [0, 0.1) is 22.7 Å². The van der Waals surface area contributed by atoms with Gasteiger partial charge in [-0.15, -0.1) is 0 Å². The lowest BCUT2D eigenvalue weighted by Gasteiger charge is -2.11. The Labute approximate surface area is 108 Å². The zero-order valence-electron chi connectivity index (χ0n) is 10.2. The Balaban J connectivity index is 2.51. The van der Waals surface area contributed by atoms with Crippen LogP contribution < -0.4 is 5.43 Å². The molecule has 0 aromatic carbocycles. The summed E-state index contributed by atoms with van der Waals surface area (Å²) in [6.45, 7) is 0.731. The first-order chi connectivity index (χ1) is 8.95. The molecule has 0 fully saturated rings. The van der Waals surface area contributed by atoms with Crippen molar-refractivity contribution in [2.24, 2.45) is 11.0 Å². The van der Waals surface area contributed by atoms with E-state index in [0.29, 0.717) is 0 Å². The zero-order chi connectivity index (χ0) is 14.4. The first-order valence-electron chi connectivity index (χ1n) is 5.45. The smallest absolute Gasteiger partial charge is 0.354 e. The summed E-state index contributed by atoms with van der Waals surface area (Å²) < 4.78 is 4.69. The second kappa shape index (κ2) is 6.39. The van der Waals surface area contributed by atoms with Crippen molar-refractivity contribution in [2.75, 3.05) is 6.61 Å². The number of amides is 1. The highest BCUT2D eigenvalue weighted by molar-refractivity contribution is 6.37. The molecule has 1 atom stereocenters. The van der Waals surface area contributed by atoms with E-state index >= 15 is 0 Å². The van der Waals surface area contributed by atoms with E-state index in [-0.39, 0.29) is 30.2 Å². The second-order valence-electron chi connectivity index (χ2n) is 3.88. The van der Waals surface area contributed by atoms with Gasteiger partial charge >= 0.3 is 5.97 Å². The first-order valence-corrected chi connectivity index (χ1v) is 5.45. The van der Waals surface area contributed by atoms with Crippen LogP contribution in [0.5, 0.6) is 0 Å². The van der Waals surface area contributed by atoms with Crippen LogP contribution in [-0.4, -0.2) is 35.7 Å². The molecular weight excluding hydrogens is 252 g/mol. The molecule has 1 aliphatic heterocycles. The number of nitrogens with one attached hydrogen (secondary N) is 2. The van der Waals surface area contributed by atoms with E-state index in [1.54, 1.807) is 6.07 Å². The monoisotopic (exact) mass is 264 g/mol. The number of nitriles is 1. The van der Waals surface area contributed by atoms with Crippen molar-refractivity contribution < 1.29 is 19.1 Å². The van der Waals surface area contributed by atoms with Crippen LogP contribution in [0.2, 0.25) is 0 Å². The highest BCUT2D eigenvalue weighted by Crippen LogP contribution is 2.03. The van der Waals surface area contributed by atoms with Crippen molar-refractivity contribution in [3.63, 3.8) is 0 Å². The van der Waals surface area contributed by atoms with Crippen molar-refractivity contribution in [3.8, 4) is 6.07 Å². The number of hydrazone groups is 1. The van der Waals surface area contributed by atoms with Gasteiger partial charge in [-0.05, 0) is 6.92 Å². The van der Waals surface area contributed by atoms with Gasteiger partial charge in [-0.1, -0.05) is 0 Å². The Morgan fingerprint density at radius 1 is 1.58 bits per heavy atom. The number of Topliss-reactive ketones (excluding diaryl/α,β-unsaturated/α-hetero) is 1. The summed E-state index contributed by atoms with van der Waals surface area (Å²) in [7, 11) is 0. The maximum absolute atomic E-state index is 11.5. The zero-order valence-corrected chi connectivity index (χ0v) is 10.2. The third-order valence-electron chi connectivity index (χ3n) is 2.37. The van der Waals surface area contributed by atoms with E-state index in [2.05, 4.69) is 10.5 Å². The second-order valence-corrected chi connectivity index (χ2v) is 3.88. The summed E-state index contributed by atoms with van der Waals surface area (Å²) >= 11 is 0. The topological polar surface area (TPSA) is 132 Å². The maximum Gasteiger partial charge on any atom is 0.354 e. The SMILES string of the molecule is CC(=N)C(C#N)C(=O)COC(=O)C1=NNC(=O)CC1. The van der Waals surface area contributed by atoms with E-state index in [0.717, 1.165) is 0 Å². The molecular formula is C11H12N4O4. The van der Waals surface area contributed by atoms with Gasteiger partial charge in [-0.2, -0.15) is 10.4 Å². The number of ketones is 1. The minimum Gasteiger partial charge on any atom is -0.453 e. The molecule has 0 aromatic rings. The minimum absolute atomic E-state index is 0.0208. The summed E-state index contributed by atoms with van der Waals surface area (Å²) in [5, 5.41) is 19.4. The summed E-state index contributed by atoms with van der Waals surface area (Å²) in [6.07, 6.45) is 0.270. The molecule has 1 heterocycles. The van der Waals surface area contributed by atoms with E-state index in [1.807, 2.05) is 0 Å². The van der Waals surface area contributed by atoms with E-state index in [9.17, 15) is 14.4 Å². The molecule has 8 nitrogen and oxygen atoms in total. The van der Waals surface area contributed by atoms with Gasteiger partial charge in [-0.25, -0.2) is 10.2 Å². The third kappa shape index (κ3) is 3.99. The van der Waals surface area contributed by atoms with Gasteiger partial charge < -0.3 is 10.1 Å². The molecule has 0 spiro atoms. The summed E-state index contributed by atoms with van der Waals surface area (Å²) in [6, 6.07) is 1.66. The molecule has 8 heteroatoms. The Morgan fingerprint density at radius 3 is 2.74 bits per heavy atom.